The minimum Gasteiger partial charge on any atom is -0.444 e. The number of ether oxygens (including phenoxy) is 1. The van der Waals surface area contributed by atoms with Crippen LogP contribution in [0.1, 0.15) is 33.4 Å². The normalized spacial score (nSPS) is 21.5. The molecule has 1 saturated heterocycles. The minimum absolute atomic E-state index is 0.0572. The van der Waals surface area contributed by atoms with Crippen molar-refractivity contribution >= 4 is 27.7 Å². The number of fused-ring (bicyclic) bond motifs is 1. The maximum absolute atomic E-state index is 12.5. The Hall–Kier alpha value is -2.14. The van der Waals surface area contributed by atoms with E-state index in [-0.39, 0.29) is 31.7 Å². The van der Waals surface area contributed by atoms with Gasteiger partial charge in [0, 0.05) is 0 Å². The van der Waals surface area contributed by atoms with Crippen LogP contribution in [0.2, 0.25) is 0 Å². The average molecular weight is 399 g/mol. The van der Waals surface area contributed by atoms with E-state index >= 15 is 0 Å². The SMILES string of the molecule is CC1Cn2ncc(N3CN(S(C)(=O)=O)CC3=O)c2CN1C(=O)OC(C)(C)C. The van der Waals surface area contributed by atoms with Gasteiger partial charge in [0.15, 0.2) is 0 Å². The number of carbonyl (C=O) groups is 2. The smallest absolute Gasteiger partial charge is 0.410 e. The van der Waals surface area contributed by atoms with Crippen molar-refractivity contribution in [3.05, 3.63) is 11.9 Å². The van der Waals surface area contributed by atoms with Crippen molar-refractivity contribution < 1.29 is 22.7 Å². The van der Waals surface area contributed by atoms with Crippen LogP contribution in [0, 0.1) is 0 Å². The third-order valence-corrected chi connectivity index (χ3v) is 5.70. The van der Waals surface area contributed by atoms with Gasteiger partial charge in [0.2, 0.25) is 15.9 Å². The zero-order valence-electron chi connectivity index (χ0n) is 16.2. The number of nitrogens with zero attached hydrogens (tertiary/aromatic N) is 5. The summed E-state index contributed by atoms with van der Waals surface area (Å²) in [5.74, 6) is -0.321. The molecule has 0 bridgehead atoms. The summed E-state index contributed by atoms with van der Waals surface area (Å²) >= 11 is 0. The highest BCUT2D eigenvalue weighted by Crippen LogP contribution is 2.30. The third-order valence-electron chi connectivity index (χ3n) is 4.52. The van der Waals surface area contributed by atoms with Crippen molar-refractivity contribution in [1.82, 2.24) is 19.0 Å². The Morgan fingerprint density at radius 1 is 1.30 bits per heavy atom. The summed E-state index contributed by atoms with van der Waals surface area (Å²) in [4.78, 5) is 27.9. The van der Waals surface area contributed by atoms with Gasteiger partial charge in [-0.1, -0.05) is 0 Å². The molecule has 2 aliphatic heterocycles. The lowest BCUT2D eigenvalue weighted by molar-refractivity contribution is -0.116. The minimum atomic E-state index is -3.47. The van der Waals surface area contributed by atoms with Gasteiger partial charge in [0.05, 0.1) is 56.2 Å². The molecule has 0 N–H and O–H groups in total. The lowest BCUT2D eigenvalue weighted by Crippen LogP contribution is -2.47. The number of hydrogen-bond donors (Lipinski definition) is 0. The second kappa shape index (κ2) is 6.48. The Labute approximate surface area is 158 Å². The van der Waals surface area contributed by atoms with E-state index in [1.807, 2.05) is 6.92 Å². The number of anilines is 1. The van der Waals surface area contributed by atoms with Gasteiger partial charge >= 0.3 is 6.09 Å². The second-order valence-corrected chi connectivity index (χ2v) is 9.93. The summed E-state index contributed by atoms with van der Waals surface area (Å²) in [5, 5.41) is 4.32. The second-order valence-electron chi connectivity index (χ2n) is 7.95. The van der Waals surface area contributed by atoms with Crippen molar-refractivity contribution in [3.63, 3.8) is 0 Å². The molecule has 10 nitrogen and oxygen atoms in total. The summed E-state index contributed by atoms with van der Waals surface area (Å²) in [6, 6.07) is -0.123. The van der Waals surface area contributed by atoms with Crippen LogP contribution in [0.15, 0.2) is 6.20 Å². The molecule has 1 unspecified atom stereocenters. The fraction of sp³-hybridized carbons (Fsp3) is 0.688. The van der Waals surface area contributed by atoms with Crippen LogP contribution in [-0.2, 0) is 32.6 Å². The van der Waals surface area contributed by atoms with Gasteiger partial charge in [-0.3, -0.25) is 19.3 Å². The Kier molecular flexibility index (Phi) is 4.71. The number of carbonyl (C=O) groups excluding carboxylic acids is 2. The van der Waals surface area contributed by atoms with E-state index in [9.17, 15) is 18.0 Å². The quantitative estimate of drug-likeness (QED) is 0.721. The Morgan fingerprint density at radius 2 is 1.96 bits per heavy atom. The first-order valence-corrected chi connectivity index (χ1v) is 10.5. The lowest BCUT2D eigenvalue weighted by Gasteiger charge is -2.36. The highest BCUT2D eigenvalue weighted by molar-refractivity contribution is 7.88. The Morgan fingerprint density at radius 3 is 2.52 bits per heavy atom. The van der Waals surface area contributed by atoms with Gasteiger partial charge in [-0.2, -0.15) is 9.40 Å². The van der Waals surface area contributed by atoms with E-state index in [1.54, 1.807) is 36.5 Å². The average Bonchev–Trinajstić information content (AvgIpc) is 3.07. The highest BCUT2D eigenvalue weighted by Gasteiger charge is 2.38. The van der Waals surface area contributed by atoms with Crippen LogP contribution < -0.4 is 4.90 Å². The largest absolute Gasteiger partial charge is 0.444 e. The van der Waals surface area contributed by atoms with Crippen LogP contribution in [-0.4, -0.2) is 70.5 Å². The first-order valence-electron chi connectivity index (χ1n) is 8.66. The Balaban J connectivity index is 1.86. The molecule has 2 aliphatic rings. The van der Waals surface area contributed by atoms with Gasteiger partial charge < -0.3 is 4.74 Å². The molecule has 3 rings (SSSR count). The van der Waals surface area contributed by atoms with Gasteiger partial charge in [0.1, 0.15) is 5.60 Å². The maximum Gasteiger partial charge on any atom is 0.410 e. The summed E-state index contributed by atoms with van der Waals surface area (Å²) < 4.78 is 31.8. The molecule has 1 aromatic heterocycles. The molecule has 0 radical (unpaired) electrons. The van der Waals surface area contributed by atoms with E-state index in [0.717, 1.165) is 10.6 Å². The first-order chi connectivity index (χ1) is 12.4. The molecular weight excluding hydrogens is 374 g/mol. The van der Waals surface area contributed by atoms with E-state index in [1.165, 1.54) is 4.90 Å². The van der Waals surface area contributed by atoms with Crippen molar-refractivity contribution in [2.75, 3.05) is 24.4 Å². The van der Waals surface area contributed by atoms with E-state index in [2.05, 4.69) is 5.10 Å². The molecule has 150 valence electrons. The molecule has 0 spiro atoms. The number of rotatable bonds is 2. The molecule has 0 aromatic carbocycles. The van der Waals surface area contributed by atoms with Crippen molar-refractivity contribution in [3.8, 4) is 0 Å². The standard InChI is InChI=1S/C16H25N5O5S/c1-11-7-21-13(8-19(11)15(23)26-16(2,3)4)12(6-17-21)20-10-18(9-14(20)22)27(5,24)25/h6,11H,7-10H2,1-5H3. The molecule has 1 aromatic rings. The van der Waals surface area contributed by atoms with Gasteiger partial charge in [-0.15, -0.1) is 0 Å². The summed E-state index contributed by atoms with van der Waals surface area (Å²) in [5.41, 5.74) is 0.590. The van der Waals surface area contributed by atoms with E-state index < -0.39 is 21.7 Å². The van der Waals surface area contributed by atoms with Gasteiger partial charge in [0.25, 0.3) is 0 Å². The predicted molar refractivity (Wildman–Crippen MR) is 97.4 cm³/mol. The molecular formula is C16H25N5O5S. The number of sulfonamides is 1. The number of amides is 2. The highest BCUT2D eigenvalue weighted by atomic mass is 32.2. The Bertz CT molecular complexity index is 872. The van der Waals surface area contributed by atoms with Crippen molar-refractivity contribution in [1.29, 1.82) is 0 Å². The topological polar surface area (TPSA) is 105 Å². The summed E-state index contributed by atoms with van der Waals surface area (Å²) in [6.07, 6.45) is 2.19. The molecule has 27 heavy (non-hydrogen) atoms. The van der Waals surface area contributed by atoms with Crippen LogP contribution in [0.4, 0.5) is 10.5 Å². The van der Waals surface area contributed by atoms with E-state index in [0.29, 0.717) is 17.9 Å². The molecule has 0 aliphatic carbocycles. The van der Waals surface area contributed by atoms with Crippen molar-refractivity contribution in [2.24, 2.45) is 0 Å². The predicted octanol–water partition coefficient (Wildman–Crippen LogP) is 0.588. The summed E-state index contributed by atoms with van der Waals surface area (Å²) in [6.45, 7) is 7.75. The van der Waals surface area contributed by atoms with Crippen molar-refractivity contribution in [2.45, 2.75) is 52.4 Å². The lowest BCUT2D eigenvalue weighted by atomic mass is 10.2. The van der Waals surface area contributed by atoms with Gasteiger partial charge in [-0.25, -0.2) is 13.2 Å². The fourth-order valence-corrected chi connectivity index (χ4v) is 3.80. The van der Waals surface area contributed by atoms with Crippen LogP contribution in [0.5, 0.6) is 0 Å². The third kappa shape index (κ3) is 3.93. The monoisotopic (exact) mass is 399 g/mol. The van der Waals surface area contributed by atoms with Crippen LogP contribution in [0.3, 0.4) is 0 Å². The molecule has 0 saturated carbocycles. The molecule has 3 heterocycles. The first kappa shape index (κ1) is 19.6. The summed E-state index contributed by atoms with van der Waals surface area (Å²) in [7, 11) is -3.47. The van der Waals surface area contributed by atoms with Crippen LogP contribution >= 0.6 is 0 Å². The fourth-order valence-electron chi connectivity index (χ4n) is 3.13. The number of aromatic nitrogens is 2. The zero-order chi connectivity index (χ0) is 20.1. The molecule has 1 fully saturated rings. The van der Waals surface area contributed by atoms with E-state index in [4.69, 9.17) is 4.74 Å². The molecule has 2 amide bonds. The van der Waals surface area contributed by atoms with Gasteiger partial charge in [-0.05, 0) is 27.7 Å². The van der Waals surface area contributed by atoms with Crippen LogP contribution in [0.25, 0.3) is 0 Å². The maximum atomic E-state index is 12.5. The number of hydrogen-bond acceptors (Lipinski definition) is 6. The molecule has 1 atom stereocenters. The molecule has 11 heteroatoms. The zero-order valence-corrected chi connectivity index (χ0v) is 17.0.